The number of pyridine rings is 1. The highest BCUT2D eigenvalue weighted by Crippen LogP contribution is 2.41. The molecule has 0 unspecified atom stereocenters. The number of fused-ring (bicyclic) bond motifs is 5. The molecule has 0 atom stereocenters. The summed E-state index contributed by atoms with van der Waals surface area (Å²) >= 11 is 0. The molecule has 1 aromatic heterocycles. The van der Waals surface area contributed by atoms with E-state index in [2.05, 4.69) is 11.1 Å². The van der Waals surface area contributed by atoms with E-state index in [0.717, 1.165) is 40.1 Å². The maximum absolute atomic E-state index is 13.7. The molecule has 0 aliphatic carbocycles. The maximum atomic E-state index is 13.7. The number of hydrogen-bond acceptors (Lipinski definition) is 4. The van der Waals surface area contributed by atoms with Crippen molar-refractivity contribution in [2.75, 3.05) is 19.6 Å². The van der Waals surface area contributed by atoms with Crippen molar-refractivity contribution in [3.8, 4) is 0 Å². The number of carbonyl (C=O) groups excluding carboxylic acids is 3. The predicted molar refractivity (Wildman–Crippen MR) is 137 cm³/mol. The van der Waals surface area contributed by atoms with Crippen LogP contribution in [0.2, 0.25) is 0 Å². The Bertz CT molecular complexity index is 1520. The fraction of sp³-hybridized carbons (Fsp3) is 0.267. The fourth-order valence-electron chi connectivity index (χ4n) is 6.23. The Morgan fingerprint density at radius 2 is 1.51 bits per heavy atom. The minimum Gasteiger partial charge on any atom is -0.334 e. The molecule has 2 aromatic carbocycles. The van der Waals surface area contributed by atoms with Gasteiger partial charge in [0.2, 0.25) is 0 Å². The van der Waals surface area contributed by atoms with Crippen LogP contribution in [0.15, 0.2) is 66.4 Å². The third kappa shape index (κ3) is 3.41. The number of benzene rings is 2. The van der Waals surface area contributed by atoms with Crippen molar-refractivity contribution in [1.82, 2.24) is 19.7 Å². The molecule has 0 saturated carbocycles. The lowest BCUT2D eigenvalue weighted by Gasteiger charge is -2.32. The molecular weight excluding hydrogens is 464 g/mol. The van der Waals surface area contributed by atoms with Gasteiger partial charge in [0.15, 0.2) is 0 Å². The molecule has 184 valence electrons. The second kappa shape index (κ2) is 8.40. The second-order valence-corrected chi connectivity index (χ2v) is 10.1. The first-order valence-corrected chi connectivity index (χ1v) is 12.9. The number of carbonyl (C=O) groups is 3. The van der Waals surface area contributed by atoms with E-state index in [4.69, 9.17) is 0 Å². The van der Waals surface area contributed by atoms with Crippen LogP contribution in [0.3, 0.4) is 0 Å². The topological polar surface area (TPSA) is 73.8 Å². The van der Waals surface area contributed by atoms with Gasteiger partial charge in [0.05, 0.1) is 17.9 Å². The van der Waals surface area contributed by atoms with Crippen LogP contribution in [-0.2, 0) is 30.7 Å². The normalized spacial score (nSPS) is 17.9. The third-order valence-corrected chi connectivity index (χ3v) is 8.10. The average Bonchev–Trinajstić information content (AvgIpc) is 3.51. The zero-order valence-electron chi connectivity index (χ0n) is 20.4. The molecule has 0 fully saturated rings. The summed E-state index contributed by atoms with van der Waals surface area (Å²) in [6.07, 6.45) is 3.79. The van der Waals surface area contributed by atoms with Crippen LogP contribution in [0, 0.1) is 0 Å². The van der Waals surface area contributed by atoms with E-state index in [1.54, 1.807) is 11.1 Å². The molecule has 3 amide bonds. The number of aromatic nitrogens is 1. The first-order valence-electron chi connectivity index (χ1n) is 12.9. The number of rotatable bonds is 2. The van der Waals surface area contributed by atoms with Gasteiger partial charge in [0.25, 0.3) is 17.7 Å². The van der Waals surface area contributed by atoms with Crippen LogP contribution in [-0.4, -0.2) is 57.0 Å². The van der Waals surface area contributed by atoms with Crippen molar-refractivity contribution in [1.29, 1.82) is 0 Å². The van der Waals surface area contributed by atoms with Gasteiger partial charge in [-0.1, -0.05) is 36.4 Å². The van der Waals surface area contributed by atoms with Crippen molar-refractivity contribution >= 4 is 23.4 Å². The largest absolute Gasteiger partial charge is 0.334 e. The predicted octanol–water partition coefficient (Wildman–Crippen LogP) is 3.44. The lowest BCUT2D eigenvalue weighted by molar-refractivity contribution is -0.128. The van der Waals surface area contributed by atoms with Gasteiger partial charge in [-0.15, -0.1) is 0 Å². The van der Waals surface area contributed by atoms with Crippen LogP contribution >= 0.6 is 0 Å². The Labute approximate surface area is 215 Å². The Balaban J connectivity index is 1.14. The van der Waals surface area contributed by atoms with Gasteiger partial charge in [-0.25, -0.2) is 0 Å². The summed E-state index contributed by atoms with van der Waals surface area (Å²) < 4.78 is 0. The Morgan fingerprint density at radius 1 is 0.730 bits per heavy atom. The summed E-state index contributed by atoms with van der Waals surface area (Å²) in [5.41, 5.74) is 7.99. The summed E-state index contributed by atoms with van der Waals surface area (Å²) in [5, 5.41) is 0. The highest BCUT2D eigenvalue weighted by atomic mass is 16.2. The molecule has 0 radical (unpaired) electrons. The van der Waals surface area contributed by atoms with Crippen molar-refractivity contribution in [2.24, 2.45) is 0 Å². The monoisotopic (exact) mass is 490 g/mol. The van der Waals surface area contributed by atoms with Crippen molar-refractivity contribution in [2.45, 2.75) is 32.4 Å². The SMILES string of the molecule is O=C(C1=C2c3ccccc3C(=O)N2CC1)N1CCc2c(cccc2C(=O)N2CCc3cccnc3C2)C1. The molecule has 7 rings (SSSR count). The van der Waals surface area contributed by atoms with Crippen LogP contribution in [0.25, 0.3) is 5.70 Å². The van der Waals surface area contributed by atoms with E-state index in [1.165, 1.54) is 5.56 Å². The van der Waals surface area contributed by atoms with Gasteiger partial charge in [-0.2, -0.15) is 0 Å². The van der Waals surface area contributed by atoms with Crippen molar-refractivity contribution in [3.05, 3.63) is 105 Å². The molecular formula is C30H26N4O3. The van der Waals surface area contributed by atoms with Gasteiger partial charge in [-0.3, -0.25) is 19.4 Å². The maximum Gasteiger partial charge on any atom is 0.258 e. The molecule has 4 aliphatic heterocycles. The zero-order chi connectivity index (χ0) is 25.1. The average molecular weight is 491 g/mol. The molecule has 0 bridgehead atoms. The van der Waals surface area contributed by atoms with E-state index < -0.39 is 0 Å². The summed E-state index contributed by atoms with van der Waals surface area (Å²) in [4.78, 5) is 50.0. The fourth-order valence-corrected chi connectivity index (χ4v) is 6.23. The van der Waals surface area contributed by atoms with Gasteiger partial charge >= 0.3 is 0 Å². The number of amides is 3. The zero-order valence-corrected chi connectivity index (χ0v) is 20.4. The third-order valence-electron chi connectivity index (χ3n) is 8.10. The van der Waals surface area contributed by atoms with Gasteiger partial charge in [-0.05, 0) is 54.2 Å². The van der Waals surface area contributed by atoms with E-state index in [9.17, 15) is 14.4 Å². The van der Waals surface area contributed by atoms with E-state index >= 15 is 0 Å². The smallest absolute Gasteiger partial charge is 0.258 e. The molecule has 0 N–H and O–H groups in total. The molecule has 7 nitrogen and oxygen atoms in total. The number of hydrogen-bond donors (Lipinski definition) is 0. The van der Waals surface area contributed by atoms with Crippen LogP contribution in [0.4, 0.5) is 0 Å². The minimum absolute atomic E-state index is 0.0110. The standard InChI is InChI=1S/C30H26N4O3/c35-28(33-14-10-19-6-4-13-31-26(19)18-33)23-9-3-5-20-17-32(15-11-21(20)23)29(36)25-12-16-34-27(25)22-7-1-2-8-24(22)30(34)37/h1-9,13H,10-12,14-18H2. The molecule has 5 heterocycles. The quantitative estimate of drug-likeness (QED) is 0.552. The van der Waals surface area contributed by atoms with Crippen molar-refractivity contribution < 1.29 is 14.4 Å². The molecule has 4 aliphatic rings. The van der Waals surface area contributed by atoms with Crippen LogP contribution in [0.1, 0.15) is 55.1 Å². The Hall–Kier alpha value is -4.26. The summed E-state index contributed by atoms with van der Waals surface area (Å²) in [6, 6.07) is 17.4. The summed E-state index contributed by atoms with van der Waals surface area (Å²) in [7, 11) is 0. The lowest BCUT2D eigenvalue weighted by atomic mass is 9.92. The molecule has 3 aromatic rings. The van der Waals surface area contributed by atoms with Crippen LogP contribution < -0.4 is 0 Å². The van der Waals surface area contributed by atoms with E-state index in [1.807, 2.05) is 58.3 Å². The molecule has 0 spiro atoms. The lowest BCUT2D eigenvalue weighted by Crippen LogP contribution is -2.40. The highest BCUT2D eigenvalue weighted by molar-refractivity contribution is 6.15. The first kappa shape index (κ1) is 22.0. The molecule has 37 heavy (non-hydrogen) atoms. The summed E-state index contributed by atoms with van der Waals surface area (Å²) in [6.45, 7) is 2.76. The first-order chi connectivity index (χ1) is 18.1. The Morgan fingerprint density at radius 3 is 2.41 bits per heavy atom. The van der Waals surface area contributed by atoms with Gasteiger partial charge in [0.1, 0.15) is 0 Å². The van der Waals surface area contributed by atoms with Crippen LogP contribution in [0.5, 0.6) is 0 Å². The van der Waals surface area contributed by atoms with Gasteiger partial charge in [0, 0.05) is 54.6 Å². The minimum atomic E-state index is -0.0175. The van der Waals surface area contributed by atoms with Crippen molar-refractivity contribution in [3.63, 3.8) is 0 Å². The highest BCUT2D eigenvalue weighted by Gasteiger charge is 2.41. The van der Waals surface area contributed by atoms with Gasteiger partial charge < -0.3 is 14.7 Å². The van der Waals surface area contributed by atoms with E-state index in [-0.39, 0.29) is 17.7 Å². The van der Waals surface area contributed by atoms with E-state index in [0.29, 0.717) is 56.7 Å². The summed E-state index contributed by atoms with van der Waals surface area (Å²) in [5.74, 6) is 0.00421. The Kier molecular flexibility index (Phi) is 4.99. The molecule has 7 heteroatoms. The second-order valence-electron chi connectivity index (χ2n) is 10.1. The number of nitrogens with zero attached hydrogens (tertiary/aromatic N) is 4. The molecule has 0 saturated heterocycles.